The maximum absolute atomic E-state index is 13.1. The average molecular weight is 433 g/mol. The van der Waals surface area contributed by atoms with Gasteiger partial charge in [-0.05, 0) is 74.6 Å². The van der Waals surface area contributed by atoms with Crippen molar-refractivity contribution in [3.8, 4) is 11.3 Å². The van der Waals surface area contributed by atoms with Crippen molar-refractivity contribution in [2.24, 2.45) is 5.92 Å². The quantitative estimate of drug-likeness (QED) is 0.591. The Morgan fingerprint density at radius 2 is 1.75 bits per heavy atom. The molecule has 1 saturated heterocycles. The minimum absolute atomic E-state index is 0.0388. The minimum Gasteiger partial charge on any atom is -0.355 e. The highest BCUT2D eigenvalue weighted by Gasteiger charge is 2.26. The van der Waals surface area contributed by atoms with Gasteiger partial charge in [0.2, 0.25) is 5.91 Å². The normalized spacial score (nSPS) is 15.4. The van der Waals surface area contributed by atoms with E-state index in [2.05, 4.69) is 39.5 Å². The van der Waals surface area contributed by atoms with Crippen LogP contribution in [0.25, 0.3) is 11.3 Å². The lowest BCUT2D eigenvalue weighted by molar-refractivity contribution is -0.126. The van der Waals surface area contributed by atoms with E-state index in [1.54, 1.807) is 12.1 Å². The Morgan fingerprint density at radius 3 is 2.41 bits per heavy atom. The zero-order valence-corrected chi connectivity index (χ0v) is 18.4. The smallest absolute Gasteiger partial charge is 0.223 e. The molecule has 2 aromatic carbocycles. The van der Waals surface area contributed by atoms with Crippen molar-refractivity contribution >= 4 is 11.7 Å². The van der Waals surface area contributed by atoms with Crippen molar-refractivity contribution in [1.29, 1.82) is 0 Å². The van der Waals surface area contributed by atoms with Crippen molar-refractivity contribution in [1.82, 2.24) is 15.5 Å². The Hall–Kier alpha value is -3.28. The molecule has 5 nitrogen and oxygen atoms in total. The topological polar surface area (TPSA) is 58.1 Å². The number of amides is 1. The largest absolute Gasteiger partial charge is 0.355 e. The maximum atomic E-state index is 13.1. The number of hydrogen-bond acceptors (Lipinski definition) is 4. The van der Waals surface area contributed by atoms with Crippen LogP contribution in [0.2, 0.25) is 0 Å². The van der Waals surface area contributed by atoms with Crippen LogP contribution in [0.1, 0.15) is 31.7 Å². The van der Waals surface area contributed by atoms with E-state index in [0.717, 1.165) is 50.2 Å². The highest BCUT2D eigenvalue weighted by Crippen LogP contribution is 2.24. The number of anilines is 1. The van der Waals surface area contributed by atoms with Crippen LogP contribution in [0.4, 0.5) is 10.2 Å². The third kappa shape index (κ3) is 5.69. The Balaban J connectivity index is 1.24. The molecule has 3 aromatic rings. The fraction of sp³-hybridized carbons (Fsp3) is 0.346. The van der Waals surface area contributed by atoms with Gasteiger partial charge in [0.15, 0.2) is 5.82 Å². The first-order chi connectivity index (χ1) is 15.6. The number of rotatable bonds is 7. The Kier molecular flexibility index (Phi) is 7.10. The first-order valence-electron chi connectivity index (χ1n) is 11.3. The van der Waals surface area contributed by atoms with E-state index < -0.39 is 0 Å². The lowest BCUT2D eigenvalue weighted by Gasteiger charge is -2.32. The molecule has 0 radical (unpaired) electrons. The van der Waals surface area contributed by atoms with Crippen molar-refractivity contribution in [3.05, 3.63) is 78.1 Å². The van der Waals surface area contributed by atoms with Crippen LogP contribution >= 0.6 is 0 Å². The molecule has 1 aliphatic rings. The van der Waals surface area contributed by atoms with Crippen LogP contribution in [-0.4, -0.2) is 35.2 Å². The molecule has 1 aromatic heterocycles. The van der Waals surface area contributed by atoms with Crippen LogP contribution < -0.4 is 10.2 Å². The zero-order valence-electron chi connectivity index (χ0n) is 18.4. The number of aromatic nitrogens is 2. The molecular weight excluding hydrogens is 403 g/mol. The van der Waals surface area contributed by atoms with E-state index in [9.17, 15) is 9.18 Å². The SMILES string of the molecule is C[C@@H](CCc1ccccc1)NC(=O)C1CCN(c2ccc(-c3ccc(F)cc3)nn2)CC1. The van der Waals surface area contributed by atoms with Gasteiger partial charge in [0.25, 0.3) is 0 Å². The maximum Gasteiger partial charge on any atom is 0.223 e. The highest BCUT2D eigenvalue weighted by atomic mass is 19.1. The van der Waals surface area contributed by atoms with Gasteiger partial charge in [-0.25, -0.2) is 4.39 Å². The molecule has 0 aliphatic carbocycles. The summed E-state index contributed by atoms with van der Waals surface area (Å²) in [6.45, 7) is 3.64. The summed E-state index contributed by atoms with van der Waals surface area (Å²) in [6, 6.07) is 20.6. The number of carbonyl (C=O) groups excluding carboxylic acids is 1. The lowest BCUT2D eigenvalue weighted by Crippen LogP contribution is -2.43. The molecule has 6 heteroatoms. The first kappa shape index (κ1) is 21.9. The molecule has 2 heterocycles. The van der Waals surface area contributed by atoms with E-state index in [-0.39, 0.29) is 23.7 Å². The summed E-state index contributed by atoms with van der Waals surface area (Å²) in [7, 11) is 0. The molecule has 0 unspecified atom stereocenters. The molecular formula is C26H29FN4O. The molecule has 0 saturated carbocycles. The van der Waals surface area contributed by atoms with E-state index in [4.69, 9.17) is 0 Å². The molecule has 1 atom stereocenters. The molecule has 0 bridgehead atoms. The first-order valence-corrected chi connectivity index (χ1v) is 11.3. The summed E-state index contributed by atoms with van der Waals surface area (Å²) >= 11 is 0. The number of aryl methyl sites for hydroxylation is 1. The Bertz CT molecular complexity index is 1000. The predicted octanol–water partition coefficient (Wildman–Crippen LogP) is 4.64. The second kappa shape index (κ2) is 10.4. The summed E-state index contributed by atoms with van der Waals surface area (Å²) < 4.78 is 13.1. The third-order valence-corrected chi connectivity index (χ3v) is 6.08. The number of piperidine rings is 1. The summed E-state index contributed by atoms with van der Waals surface area (Å²) in [5.41, 5.74) is 2.85. The molecule has 1 N–H and O–H groups in total. The second-order valence-corrected chi connectivity index (χ2v) is 8.48. The van der Waals surface area contributed by atoms with Gasteiger partial charge in [-0.3, -0.25) is 4.79 Å². The number of carbonyl (C=O) groups is 1. The van der Waals surface area contributed by atoms with Gasteiger partial charge in [-0.1, -0.05) is 30.3 Å². The van der Waals surface area contributed by atoms with Crippen LogP contribution in [-0.2, 0) is 11.2 Å². The van der Waals surface area contributed by atoms with Crippen LogP contribution in [0.15, 0.2) is 66.7 Å². The second-order valence-electron chi connectivity index (χ2n) is 8.48. The molecule has 1 amide bonds. The van der Waals surface area contributed by atoms with E-state index >= 15 is 0 Å². The summed E-state index contributed by atoms with van der Waals surface area (Å²) in [5.74, 6) is 0.738. The predicted molar refractivity (Wildman–Crippen MR) is 125 cm³/mol. The number of halogens is 1. The average Bonchev–Trinajstić information content (AvgIpc) is 2.84. The van der Waals surface area contributed by atoms with Crippen molar-refractivity contribution in [3.63, 3.8) is 0 Å². The standard InChI is InChI=1S/C26H29FN4O/c1-19(7-8-20-5-3-2-4-6-20)28-26(32)22-15-17-31(18-16-22)25-14-13-24(29-30-25)21-9-11-23(27)12-10-21/h2-6,9-14,19,22H,7-8,15-18H2,1H3,(H,28,32)/t19-/m0/s1. The fourth-order valence-corrected chi connectivity index (χ4v) is 4.10. The van der Waals surface area contributed by atoms with Crippen molar-refractivity contribution in [2.75, 3.05) is 18.0 Å². The van der Waals surface area contributed by atoms with Crippen LogP contribution in [0, 0.1) is 11.7 Å². The lowest BCUT2D eigenvalue weighted by atomic mass is 9.95. The summed E-state index contributed by atoms with van der Waals surface area (Å²) in [5, 5.41) is 11.8. The molecule has 32 heavy (non-hydrogen) atoms. The number of nitrogens with one attached hydrogen (secondary N) is 1. The molecule has 4 rings (SSSR count). The number of nitrogens with zero attached hydrogens (tertiary/aromatic N) is 3. The number of benzene rings is 2. The van der Waals surface area contributed by atoms with E-state index in [1.807, 2.05) is 30.3 Å². The molecule has 1 fully saturated rings. The van der Waals surface area contributed by atoms with Gasteiger partial charge in [-0.15, -0.1) is 10.2 Å². The summed E-state index contributed by atoms with van der Waals surface area (Å²) in [6.07, 6.45) is 3.51. The summed E-state index contributed by atoms with van der Waals surface area (Å²) in [4.78, 5) is 14.9. The highest BCUT2D eigenvalue weighted by molar-refractivity contribution is 5.79. The Morgan fingerprint density at radius 1 is 1.03 bits per heavy atom. The molecule has 1 aliphatic heterocycles. The van der Waals surface area contributed by atoms with Gasteiger partial charge in [-0.2, -0.15) is 0 Å². The van der Waals surface area contributed by atoms with E-state index in [1.165, 1.54) is 17.7 Å². The Labute approximate surface area is 188 Å². The van der Waals surface area contributed by atoms with Crippen LogP contribution in [0.5, 0.6) is 0 Å². The minimum atomic E-state index is -0.268. The zero-order chi connectivity index (χ0) is 22.3. The van der Waals surface area contributed by atoms with Crippen molar-refractivity contribution in [2.45, 2.75) is 38.6 Å². The van der Waals surface area contributed by atoms with E-state index in [0.29, 0.717) is 5.69 Å². The number of hydrogen-bond donors (Lipinski definition) is 1. The fourth-order valence-electron chi connectivity index (χ4n) is 4.10. The van der Waals surface area contributed by atoms with Crippen molar-refractivity contribution < 1.29 is 9.18 Å². The van der Waals surface area contributed by atoms with Gasteiger partial charge in [0.1, 0.15) is 5.82 Å². The third-order valence-electron chi connectivity index (χ3n) is 6.08. The van der Waals surface area contributed by atoms with Gasteiger partial charge < -0.3 is 10.2 Å². The molecule has 0 spiro atoms. The van der Waals surface area contributed by atoms with Gasteiger partial charge in [0, 0.05) is 30.6 Å². The van der Waals surface area contributed by atoms with Crippen LogP contribution in [0.3, 0.4) is 0 Å². The molecule has 166 valence electrons. The van der Waals surface area contributed by atoms with Gasteiger partial charge in [0.05, 0.1) is 5.69 Å². The monoisotopic (exact) mass is 432 g/mol. The van der Waals surface area contributed by atoms with Gasteiger partial charge >= 0.3 is 0 Å².